The lowest BCUT2D eigenvalue weighted by atomic mass is 10.0. The van der Waals surface area contributed by atoms with Crippen molar-refractivity contribution < 1.29 is 0 Å². The number of hydrogen-bond donors (Lipinski definition) is 0. The van der Waals surface area contributed by atoms with Crippen molar-refractivity contribution >= 4 is 0 Å². The Hall–Kier alpha value is -0.0800. The fourth-order valence-corrected chi connectivity index (χ4v) is 4.95. The Morgan fingerprint density at radius 1 is 0.303 bits per heavy atom. The third kappa shape index (κ3) is 28.0. The molecule has 0 heterocycles. The Bertz CT molecular complexity index is 342. The van der Waals surface area contributed by atoms with Gasteiger partial charge in [0.05, 0.1) is 0 Å². The van der Waals surface area contributed by atoms with Crippen LogP contribution in [0.4, 0.5) is 0 Å². The third-order valence-electron chi connectivity index (χ3n) is 7.24. The summed E-state index contributed by atoms with van der Waals surface area (Å²) in [5.74, 6) is 0. The van der Waals surface area contributed by atoms with Crippen molar-refractivity contribution in [3.63, 3.8) is 0 Å². The number of nitrogens with zero attached hydrogens (tertiary/aromatic N) is 2. The molecule has 0 radical (unpaired) electrons. The molecule has 0 saturated carbocycles. The highest BCUT2D eigenvalue weighted by Gasteiger charge is 2.05. The first-order chi connectivity index (χ1) is 16.2. The molecule has 0 aliphatic heterocycles. The van der Waals surface area contributed by atoms with E-state index in [1.807, 2.05) is 0 Å². The molecule has 0 rings (SSSR count). The van der Waals surface area contributed by atoms with Crippen molar-refractivity contribution in [2.45, 2.75) is 162 Å². The van der Waals surface area contributed by atoms with Gasteiger partial charge in [0.2, 0.25) is 0 Å². The van der Waals surface area contributed by atoms with E-state index in [0.717, 1.165) is 0 Å². The largest absolute Gasteiger partial charge is 0.309 e. The Balaban J connectivity index is 3.68. The van der Waals surface area contributed by atoms with E-state index in [-0.39, 0.29) is 0 Å². The highest BCUT2D eigenvalue weighted by atomic mass is 15.1. The quantitative estimate of drug-likeness (QED) is 0.106. The summed E-state index contributed by atoms with van der Waals surface area (Å²) in [6, 6.07) is 0. The van der Waals surface area contributed by atoms with Gasteiger partial charge in [-0.25, -0.2) is 0 Å². The van der Waals surface area contributed by atoms with Crippen LogP contribution in [0.3, 0.4) is 0 Å². The van der Waals surface area contributed by atoms with Crippen molar-refractivity contribution in [2.75, 3.05) is 40.3 Å². The molecule has 0 spiro atoms. The average molecular weight is 467 g/mol. The molecule has 0 bridgehead atoms. The smallest absolute Gasteiger partial charge is 0.000655 e. The molecule has 200 valence electrons. The summed E-state index contributed by atoms with van der Waals surface area (Å²) in [7, 11) is 4.41. The predicted molar refractivity (Wildman–Crippen MR) is 153 cm³/mol. The molecule has 0 fully saturated rings. The molecule has 0 aromatic heterocycles. The van der Waals surface area contributed by atoms with Crippen LogP contribution in [0.1, 0.15) is 162 Å². The van der Waals surface area contributed by atoms with E-state index in [0.29, 0.717) is 0 Å². The van der Waals surface area contributed by atoms with Crippen LogP contribution >= 0.6 is 0 Å². The monoisotopic (exact) mass is 467 g/mol. The van der Waals surface area contributed by atoms with Gasteiger partial charge in [0, 0.05) is 0 Å². The maximum absolute atomic E-state index is 2.78. The molecule has 0 N–H and O–H groups in total. The van der Waals surface area contributed by atoms with Crippen LogP contribution < -0.4 is 0 Å². The normalized spacial score (nSPS) is 11.8. The van der Waals surface area contributed by atoms with Crippen LogP contribution in [0.15, 0.2) is 0 Å². The van der Waals surface area contributed by atoms with Crippen LogP contribution in [-0.4, -0.2) is 50.1 Å². The Morgan fingerprint density at radius 2 is 0.576 bits per heavy atom. The lowest BCUT2D eigenvalue weighted by Crippen LogP contribution is -2.29. The van der Waals surface area contributed by atoms with Crippen LogP contribution in [-0.2, 0) is 0 Å². The van der Waals surface area contributed by atoms with E-state index in [1.165, 1.54) is 174 Å². The van der Waals surface area contributed by atoms with Crippen molar-refractivity contribution in [3.05, 3.63) is 0 Å². The summed E-state index contributed by atoms with van der Waals surface area (Å²) >= 11 is 0. The molecular weight excluding hydrogens is 400 g/mol. The van der Waals surface area contributed by atoms with Gasteiger partial charge in [-0.15, -0.1) is 0 Å². The van der Waals surface area contributed by atoms with Gasteiger partial charge in [0.15, 0.2) is 0 Å². The first-order valence-corrected chi connectivity index (χ1v) is 15.6. The zero-order valence-electron chi connectivity index (χ0n) is 24.0. The summed E-state index contributed by atoms with van der Waals surface area (Å²) in [5, 5.41) is 0. The Kier molecular flexibility index (Phi) is 28.1. The van der Waals surface area contributed by atoms with Crippen molar-refractivity contribution in [3.8, 4) is 0 Å². The molecular formula is C31H66N2. The lowest BCUT2D eigenvalue weighted by Gasteiger charge is -2.23. The highest BCUT2D eigenvalue weighted by Crippen LogP contribution is 2.13. The fourth-order valence-electron chi connectivity index (χ4n) is 4.95. The van der Waals surface area contributed by atoms with Crippen LogP contribution in [0.5, 0.6) is 0 Å². The number of unbranched alkanes of at least 4 members (excludes halogenated alkanes) is 20. The molecule has 0 unspecified atom stereocenters. The van der Waals surface area contributed by atoms with E-state index < -0.39 is 0 Å². The lowest BCUT2D eigenvalue weighted by molar-refractivity contribution is 0.244. The summed E-state index contributed by atoms with van der Waals surface area (Å²) in [4.78, 5) is 5.12. The molecule has 0 atom stereocenters. The fraction of sp³-hybridized carbons (Fsp3) is 1.00. The number of rotatable bonds is 28. The zero-order valence-corrected chi connectivity index (χ0v) is 24.0. The van der Waals surface area contributed by atoms with Gasteiger partial charge in [0.1, 0.15) is 0 Å². The minimum absolute atomic E-state index is 1.23. The summed E-state index contributed by atoms with van der Waals surface area (Å²) < 4.78 is 0. The second-order valence-electron chi connectivity index (χ2n) is 11.1. The zero-order chi connectivity index (χ0) is 24.2. The van der Waals surface area contributed by atoms with Gasteiger partial charge in [-0.3, -0.25) is 0 Å². The van der Waals surface area contributed by atoms with E-state index in [9.17, 15) is 0 Å². The van der Waals surface area contributed by atoms with Crippen molar-refractivity contribution in [1.29, 1.82) is 0 Å². The Labute approximate surface area is 211 Å². The van der Waals surface area contributed by atoms with Crippen LogP contribution in [0.25, 0.3) is 0 Å². The van der Waals surface area contributed by atoms with E-state index in [4.69, 9.17) is 0 Å². The molecule has 0 aromatic carbocycles. The molecule has 2 nitrogen and oxygen atoms in total. The number of hydrogen-bond acceptors (Lipinski definition) is 2. The van der Waals surface area contributed by atoms with Gasteiger partial charge >= 0.3 is 0 Å². The third-order valence-corrected chi connectivity index (χ3v) is 7.24. The molecule has 0 aliphatic rings. The summed E-state index contributed by atoms with van der Waals surface area (Å²) in [5.41, 5.74) is 0. The molecule has 0 aromatic rings. The summed E-state index contributed by atoms with van der Waals surface area (Å²) in [6.45, 7) is 9.81. The minimum Gasteiger partial charge on any atom is -0.309 e. The molecule has 2 heteroatoms. The molecule has 33 heavy (non-hydrogen) atoms. The van der Waals surface area contributed by atoms with Crippen LogP contribution in [0, 0.1) is 0 Å². The standard InChI is InChI=1S/C31H66N2/c1-5-7-9-11-13-15-17-18-20-22-24-26-30-33(31-27-28-32(3)4)29-25-23-21-19-16-14-12-10-8-6-2/h5-31H2,1-4H3. The van der Waals surface area contributed by atoms with Gasteiger partial charge in [-0.2, -0.15) is 0 Å². The van der Waals surface area contributed by atoms with Crippen molar-refractivity contribution in [1.82, 2.24) is 9.80 Å². The topological polar surface area (TPSA) is 6.48 Å². The molecule has 0 saturated heterocycles. The van der Waals surface area contributed by atoms with E-state index in [2.05, 4.69) is 37.7 Å². The van der Waals surface area contributed by atoms with Gasteiger partial charge in [0.25, 0.3) is 0 Å². The first-order valence-electron chi connectivity index (χ1n) is 15.6. The molecule has 0 amide bonds. The summed E-state index contributed by atoms with van der Waals surface area (Å²) in [6.07, 6.45) is 33.2. The maximum Gasteiger partial charge on any atom is -0.000655 e. The van der Waals surface area contributed by atoms with Gasteiger partial charge < -0.3 is 9.80 Å². The second-order valence-corrected chi connectivity index (χ2v) is 11.1. The van der Waals surface area contributed by atoms with Crippen molar-refractivity contribution in [2.24, 2.45) is 0 Å². The highest BCUT2D eigenvalue weighted by molar-refractivity contribution is 4.61. The predicted octanol–water partition coefficient (Wildman–Crippen LogP) is 9.86. The molecule has 0 aliphatic carbocycles. The minimum atomic E-state index is 1.23. The van der Waals surface area contributed by atoms with Crippen LogP contribution in [0.2, 0.25) is 0 Å². The Morgan fingerprint density at radius 3 is 0.879 bits per heavy atom. The first kappa shape index (κ1) is 32.9. The van der Waals surface area contributed by atoms with Gasteiger partial charge in [-0.05, 0) is 59.5 Å². The second kappa shape index (κ2) is 28.2. The van der Waals surface area contributed by atoms with Gasteiger partial charge in [-0.1, -0.05) is 142 Å². The maximum atomic E-state index is 2.78. The SMILES string of the molecule is CCCCCCCCCCCCCCN(CCCCCCCCCCCC)CCCN(C)C. The average Bonchev–Trinajstić information content (AvgIpc) is 2.80. The van der Waals surface area contributed by atoms with E-state index in [1.54, 1.807) is 0 Å². The van der Waals surface area contributed by atoms with E-state index >= 15 is 0 Å².